The van der Waals surface area contributed by atoms with E-state index in [9.17, 15) is 22.8 Å². The lowest BCUT2D eigenvalue weighted by molar-refractivity contribution is -0.189. The standard InChI is InChI=1S/C43H39F3N6O7/c44-43(45,46)41(55)59-31-22-47-42(48-23-31)52(29-10-2-1-3-11-29)40(54)34-19-36(50-13-7-6-12-35(34)50)32-20-37-38(58-26-57-37)21-33(32)39(53)51-24-28-9-5-4-8-27(28)18-30(51)25-49-14-16-56-17-15-49/h1-5,8-11,19-23,30H,6-7,12-18,24-26H2/t30-/m0/s1. The van der Waals surface area contributed by atoms with Gasteiger partial charge in [0.2, 0.25) is 12.7 Å². The first kappa shape index (κ1) is 38.3. The monoisotopic (exact) mass is 808 g/mol. The Labute approximate surface area is 336 Å². The quantitative estimate of drug-likeness (QED) is 0.164. The molecular formula is C43H39F3N6O7. The van der Waals surface area contributed by atoms with Gasteiger partial charge in [-0.25, -0.2) is 19.7 Å². The topological polar surface area (TPSA) is 129 Å². The molecule has 5 aromatic rings. The third-order valence-electron chi connectivity index (χ3n) is 11.2. The number of halogens is 3. The minimum Gasteiger partial charge on any atom is -0.454 e. The molecule has 0 unspecified atom stereocenters. The van der Waals surface area contributed by atoms with Gasteiger partial charge in [0.25, 0.3) is 11.8 Å². The van der Waals surface area contributed by atoms with Crippen LogP contribution in [-0.4, -0.2) is 94.0 Å². The Bertz CT molecular complexity index is 2400. The molecule has 0 saturated carbocycles. The highest BCUT2D eigenvalue weighted by Gasteiger charge is 2.42. The van der Waals surface area contributed by atoms with Crippen LogP contribution in [0.2, 0.25) is 0 Å². The smallest absolute Gasteiger partial charge is 0.454 e. The van der Waals surface area contributed by atoms with E-state index in [1.807, 2.05) is 23.1 Å². The molecule has 0 spiro atoms. The normalized spacial score (nSPS) is 17.5. The van der Waals surface area contributed by atoms with Crippen LogP contribution in [0.5, 0.6) is 17.2 Å². The largest absolute Gasteiger partial charge is 0.491 e. The minimum atomic E-state index is -5.22. The average molecular weight is 809 g/mol. The van der Waals surface area contributed by atoms with Crippen molar-refractivity contribution in [2.75, 3.05) is 44.5 Å². The van der Waals surface area contributed by atoms with Crippen LogP contribution in [0.4, 0.5) is 24.8 Å². The van der Waals surface area contributed by atoms with Gasteiger partial charge in [-0.05, 0) is 67.1 Å². The fourth-order valence-electron chi connectivity index (χ4n) is 8.30. The van der Waals surface area contributed by atoms with Crippen molar-refractivity contribution >= 4 is 29.4 Å². The first-order valence-electron chi connectivity index (χ1n) is 19.5. The lowest BCUT2D eigenvalue weighted by atomic mass is 9.92. The van der Waals surface area contributed by atoms with Crippen LogP contribution in [0.3, 0.4) is 0 Å². The van der Waals surface area contributed by atoms with Gasteiger partial charge in [-0.2, -0.15) is 13.2 Å². The molecule has 16 heteroatoms. The molecule has 0 bridgehead atoms. The molecule has 9 rings (SSSR count). The number of aromatic nitrogens is 3. The molecule has 2 amide bonds. The van der Waals surface area contributed by atoms with Crippen molar-refractivity contribution in [3.8, 4) is 28.5 Å². The number of ether oxygens (including phenoxy) is 4. The number of anilines is 2. The van der Waals surface area contributed by atoms with Crippen molar-refractivity contribution in [1.82, 2.24) is 24.3 Å². The van der Waals surface area contributed by atoms with Gasteiger partial charge >= 0.3 is 12.1 Å². The number of nitrogens with zero attached hydrogens (tertiary/aromatic N) is 6. The Kier molecular flexibility index (Phi) is 10.3. The van der Waals surface area contributed by atoms with Gasteiger partial charge < -0.3 is 28.4 Å². The van der Waals surface area contributed by atoms with Gasteiger partial charge in [0.15, 0.2) is 17.2 Å². The molecule has 304 valence electrons. The molecule has 1 atom stereocenters. The van der Waals surface area contributed by atoms with Crippen molar-refractivity contribution in [2.24, 2.45) is 0 Å². The zero-order valence-electron chi connectivity index (χ0n) is 31.8. The predicted octanol–water partition coefficient (Wildman–Crippen LogP) is 6.36. The number of carbonyl (C=O) groups excluding carboxylic acids is 3. The highest BCUT2D eigenvalue weighted by molar-refractivity contribution is 6.12. The van der Waals surface area contributed by atoms with Crippen LogP contribution in [0.15, 0.2) is 85.2 Å². The van der Waals surface area contributed by atoms with Crippen LogP contribution < -0.4 is 19.1 Å². The van der Waals surface area contributed by atoms with Crippen LogP contribution in [-0.2, 0) is 35.5 Å². The first-order valence-corrected chi connectivity index (χ1v) is 19.5. The Morgan fingerprint density at radius 3 is 2.31 bits per heavy atom. The van der Waals surface area contributed by atoms with Crippen LogP contribution in [0.25, 0.3) is 11.3 Å². The van der Waals surface area contributed by atoms with Gasteiger partial charge in [-0.15, -0.1) is 0 Å². The van der Waals surface area contributed by atoms with Crippen molar-refractivity contribution in [3.05, 3.63) is 113 Å². The number of rotatable bonds is 8. The fourth-order valence-corrected chi connectivity index (χ4v) is 8.30. The van der Waals surface area contributed by atoms with Gasteiger partial charge in [0, 0.05) is 55.7 Å². The second-order valence-electron chi connectivity index (χ2n) is 14.8. The molecule has 13 nitrogen and oxygen atoms in total. The summed E-state index contributed by atoms with van der Waals surface area (Å²) in [6.45, 7) is 4.53. The van der Waals surface area contributed by atoms with Gasteiger partial charge in [-0.3, -0.25) is 14.5 Å². The zero-order chi connectivity index (χ0) is 40.7. The summed E-state index contributed by atoms with van der Waals surface area (Å²) in [4.78, 5) is 55.5. The maximum Gasteiger partial charge on any atom is 0.491 e. The number of morpholine rings is 1. The number of alkyl halides is 3. The summed E-state index contributed by atoms with van der Waals surface area (Å²) in [6.07, 6.45) is -0.490. The molecule has 2 aromatic heterocycles. The van der Waals surface area contributed by atoms with E-state index >= 15 is 4.79 Å². The number of carbonyl (C=O) groups is 3. The first-order chi connectivity index (χ1) is 28.6. The number of benzene rings is 3. The molecule has 6 heterocycles. The molecule has 3 aromatic carbocycles. The maximum absolute atomic E-state index is 15.2. The molecular weight excluding hydrogens is 770 g/mol. The van der Waals surface area contributed by atoms with Crippen molar-refractivity contribution < 1.29 is 46.5 Å². The Balaban J connectivity index is 1.12. The van der Waals surface area contributed by atoms with E-state index in [1.54, 1.807) is 42.5 Å². The van der Waals surface area contributed by atoms with Gasteiger partial charge in [0.05, 0.1) is 42.4 Å². The van der Waals surface area contributed by atoms with E-state index in [4.69, 9.17) is 14.2 Å². The number of hydrogen-bond acceptors (Lipinski definition) is 10. The van der Waals surface area contributed by atoms with Crippen molar-refractivity contribution in [3.63, 3.8) is 0 Å². The van der Waals surface area contributed by atoms with E-state index in [2.05, 4.69) is 36.3 Å². The fraction of sp³-hybridized carbons (Fsp3) is 0.326. The molecule has 0 radical (unpaired) electrons. The Morgan fingerprint density at radius 1 is 0.847 bits per heavy atom. The summed E-state index contributed by atoms with van der Waals surface area (Å²) in [5.74, 6) is -2.84. The number of fused-ring (bicyclic) bond motifs is 3. The van der Waals surface area contributed by atoms with E-state index in [0.29, 0.717) is 85.3 Å². The molecule has 4 aliphatic heterocycles. The number of para-hydroxylation sites is 1. The molecule has 4 aliphatic rings. The second-order valence-corrected chi connectivity index (χ2v) is 14.8. The Morgan fingerprint density at radius 2 is 1.56 bits per heavy atom. The number of amides is 2. The minimum absolute atomic E-state index is 0.000603. The molecule has 1 fully saturated rings. The van der Waals surface area contributed by atoms with Crippen LogP contribution >= 0.6 is 0 Å². The van der Waals surface area contributed by atoms with Crippen molar-refractivity contribution in [2.45, 2.75) is 51.0 Å². The summed E-state index contributed by atoms with van der Waals surface area (Å²) in [7, 11) is 0. The van der Waals surface area contributed by atoms with E-state index in [-0.39, 0.29) is 24.7 Å². The molecule has 0 N–H and O–H groups in total. The predicted molar refractivity (Wildman–Crippen MR) is 207 cm³/mol. The number of hydrogen-bond donors (Lipinski definition) is 0. The van der Waals surface area contributed by atoms with Crippen LogP contribution in [0, 0.1) is 0 Å². The summed E-state index contributed by atoms with van der Waals surface area (Å²) >= 11 is 0. The van der Waals surface area contributed by atoms with Gasteiger partial charge in [0.1, 0.15) is 0 Å². The zero-order valence-corrected chi connectivity index (χ0v) is 31.8. The second kappa shape index (κ2) is 15.8. The summed E-state index contributed by atoms with van der Waals surface area (Å²) in [5, 5.41) is 0. The number of esters is 1. The van der Waals surface area contributed by atoms with Gasteiger partial charge in [-0.1, -0.05) is 42.5 Å². The van der Waals surface area contributed by atoms with Crippen molar-refractivity contribution in [1.29, 1.82) is 0 Å². The SMILES string of the molecule is O=C(c1cc(-c2cc3c(cc2C(=O)N2Cc4ccccc4C[C@H]2CN2CCOCC2)OCO3)n2c1CCCC2)N(c1ccccc1)c1ncc(OC(=O)C(F)(F)F)cn1. The molecule has 1 saturated heterocycles. The maximum atomic E-state index is 15.2. The molecule has 59 heavy (non-hydrogen) atoms. The summed E-state index contributed by atoms with van der Waals surface area (Å²) < 4.78 is 62.5. The summed E-state index contributed by atoms with van der Waals surface area (Å²) in [6, 6.07) is 22.0. The average Bonchev–Trinajstić information content (AvgIpc) is 3.88. The highest BCUT2D eigenvalue weighted by Crippen LogP contribution is 2.43. The third kappa shape index (κ3) is 7.60. The van der Waals surface area contributed by atoms with Crippen LogP contribution in [0.1, 0.15) is 50.4 Å². The van der Waals surface area contributed by atoms with E-state index in [1.165, 1.54) is 10.5 Å². The third-order valence-corrected chi connectivity index (χ3v) is 11.2. The highest BCUT2D eigenvalue weighted by atomic mass is 19.4. The molecule has 0 aliphatic carbocycles. The lowest BCUT2D eigenvalue weighted by Crippen LogP contribution is -2.52. The van der Waals surface area contributed by atoms with E-state index < -0.39 is 23.8 Å². The summed E-state index contributed by atoms with van der Waals surface area (Å²) in [5.41, 5.74) is 5.44. The van der Waals surface area contributed by atoms with E-state index in [0.717, 1.165) is 49.6 Å². The Hall–Kier alpha value is -6.26. The lowest BCUT2D eigenvalue weighted by Gasteiger charge is -2.40.